The minimum atomic E-state index is -0.0686. The fraction of sp³-hybridized carbons (Fsp3) is 0.409. The maximum absolute atomic E-state index is 12.2. The normalized spacial score (nSPS) is 13.7. The average Bonchev–Trinajstić information content (AvgIpc) is 2.75. The predicted octanol–water partition coefficient (Wildman–Crippen LogP) is 4.13. The van der Waals surface area contributed by atoms with Crippen molar-refractivity contribution >= 4 is 23.0 Å². The van der Waals surface area contributed by atoms with Gasteiger partial charge in [-0.15, -0.1) is 0 Å². The standard InChI is InChI=1S/C22H29N3O3/c1-27-19-10-11-20(21(16-19)28-2)24-22(26)12-13-23-17-6-8-18(9-7-17)25-14-4-3-5-15-25/h6-11,16,23H,3-5,12-15H2,1-2H3,(H,24,26). The fourth-order valence-electron chi connectivity index (χ4n) is 3.38. The lowest BCUT2D eigenvalue weighted by atomic mass is 10.1. The molecule has 3 rings (SSSR count). The zero-order chi connectivity index (χ0) is 19.8. The molecule has 2 N–H and O–H groups in total. The highest BCUT2D eigenvalue weighted by atomic mass is 16.5. The Morgan fingerprint density at radius 1 is 1.00 bits per heavy atom. The van der Waals surface area contributed by atoms with E-state index >= 15 is 0 Å². The Balaban J connectivity index is 1.46. The van der Waals surface area contributed by atoms with Gasteiger partial charge in [0, 0.05) is 43.5 Å². The lowest BCUT2D eigenvalue weighted by Gasteiger charge is -2.28. The maximum Gasteiger partial charge on any atom is 0.226 e. The van der Waals surface area contributed by atoms with Crippen molar-refractivity contribution in [2.75, 3.05) is 49.4 Å². The molecule has 0 spiro atoms. The number of ether oxygens (including phenoxy) is 2. The second kappa shape index (κ2) is 9.88. The van der Waals surface area contributed by atoms with Gasteiger partial charge in [0.25, 0.3) is 0 Å². The Morgan fingerprint density at radius 2 is 1.75 bits per heavy atom. The summed E-state index contributed by atoms with van der Waals surface area (Å²) in [7, 11) is 3.16. The van der Waals surface area contributed by atoms with Crippen molar-refractivity contribution in [2.45, 2.75) is 25.7 Å². The highest BCUT2D eigenvalue weighted by molar-refractivity contribution is 5.92. The van der Waals surface area contributed by atoms with Crippen molar-refractivity contribution in [3.8, 4) is 11.5 Å². The van der Waals surface area contributed by atoms with E-state index in [1.165, 1.54) is 24.9 Å². The lowest BCUT2D eigenvalue weighted by molar-refractivity contribution is -0.116. The maximum atomic E-state index is 12.2. The van der Waals surface area contributed by atoms with Crippen LogP contribution in [0.5, 0.6) is 11.5 Å². The molecule has 6 heteroatoms. The van der Waals surface area contributed by atoms with Crippen LogP contribution in [0.2, 0.25) is 0 Å². The molecule has 1 saturated heterocycles. The third-order valence-corrected chi connectivity index (χ3v) is 4.95. The summed E-state index contributed by atoms with van der Waals surface area (Å²) in [6, 6.07) is 13.8. The van der Waals surface area contributed by atoms with Crippen LogP contribution < -0.4 is 25.0 Å². The van der Waals surface area contributed by atoms with Gasteiger partial charge in [0.05, 0.1) is 19.9 Å². The first kappa shape index (κ1) is 19.9. The number of nitrogens with zero attached hydrogens (tertiary/aromatic N) is 1. The number of anilines is 3. The molecular weight excluding hydrogens is 354 g/mol. The van der Waals surface area contributed by atoms with Crippen LogP contribution in [0.1, 0.15) is 25.7 Å². The second-order valence-electron chi connectivity index (χ2n) is 6.89. The smallest absolute Gasteiger partial charge is 0.226 e. The summed E-state index contributed by atoms with van der Waals surface area (Å²) >= 11 is 0. The molecule has 1 fully saturated rings. The molecule has 1 aliphatic rings. The lowest BCUT2D eigenvalue weighted by Crippen LogP contribution is -2.29. The van der Waals surface area contributed by atoms with Crippen LogP contribution in [0.25, 0.3) is 0 Å². The summed E-state index contributed by atoms with van der Waals surface area (Å²) < 4.78 is 10.5. The first-order valence-corrected chi connectivity index (χ1v) is 9.80. The van der Waals surface area contributed by atoms with Crippen molar-refractivity contribution in [3.63, 3.8) is 0 Å². The number of carbonyl (C=O) groups is 1. The van der Waals surface area contributed by atoms with Gasteiger partial charge in [-0.1, -0.05) is 0 Å². The predicted molar refractivity (Wildman–Crippen MR) is 114 cm³/mol. The Labute approximate surface area is 166 Å². The summed E-state index contributed by atoms with van der Waals surface area (Å²) in [4.78, 5) is 14.7. The molecule has 0 atom stereocenters. The number of piperidine rings is 1. The van der Waals surface area contributed by atoms with Crippen LogP contribution in [0.15, 0.2) is 42.5 Å². The van der Waals surface area contributed by atoms with Crippen LogP contribution >= 0.6 is 0 Å². The molecule has 0 bridgehead atoms. The number of carbonyl (C=O) groups excluding carboxylic acids is 1. The SMILES string of the molecule is COc1ccc(NC(=O)CCNc2ccc(N3CCCCC3)cc2)c(OC)c1. The number of amides is 1. The number of hydrogen-bond donors (Lipinski definition) is 2. The Kier molecular flexibility index (Phi) is 7.00. The van der Waals surface area contributed by atoms with Gasteiger partial charge in [0.15, 0.2) is 0 Å². The van der Waals surface area contributed by atoms with Crippen LogP contribution in [0, 0.1) is 0 Å². The summed E-state index contributed by atoms with van der Waals surface area (Å²) in [6.07, 6.45) is 4.24. The number of nitrogens with one attached hydrogen (secondary N) is 2. The number of benzene rings is 2. The van der Waals surface area contributed by atoms with Crippen LogP contribution in [-0.2, 0) is 4.79 Å². The topological polar surface area (TPSA) is 62.8 Å². The van der Waals surface area contributed by atoms with Gasteiger partial charge in [-0.3, -0.25) is 4.79 Å². The molecule has 1 amide bonds. The van der Waals surface area contributed by atoms with Gasteiger partial charge in [0.2, 0.25) is 5.91 Å². The Bertz CT molecular complexity index is 771. The number of methoxy groups -OCH3 is 2. The van der Waals surface area contributed by atoms with Gasteiger partial charge >= 0.3 is 0 Å². The summed E-state index contributed by atoms with van der Waals surface area (Å²) in [6.45, 7) is 2.84. The average molecular weight is 383 g/mol. The first-order valence-electron chi connectivity index (χ1n) is 9.80. The second-order valence-corrected chi connectivity index (χ2v) is 6.89. The van der Waals surface area contributed by atoms with Crippen molar-refractivity contribution in [1.82, 2.24) is 0 Å². The van der Waals surface area contributed by atoms with Crippen molar-refractivity contribution < 1.29 is 14.3 Å². The van der Waals surface area contributed by atoms with Gasteiger partial charge in [-0.25, -0.2) is 0 Å². The third kappa shape index (κ3) is 5.31. The highest BCUT2D eigenvalue weighted by Crippen LogP contribution is 2.29. The van der Waals surface area contributed by atoms with Gasteiger partial charge in [-0.05, 0) is 55.7 Å². The van der Waals surface area contributed by atoms with Crippen molar-refractivity contribution in [1.29, 1.82) is 0 Å². The number of hydrogen-bond acceptors (Lipinski definition) is 5. The molecule has 150 valence electrons. The molecule has 1 heterocycles. The van der Waals surface area contributed by atoms with Crippen molar-refractivity contribution in [2.24, 2.45) is 0 Å². The molecule has 0 unspecified atom stereocenters. The van der Waals surface area contributed by atoms with Gasteiger partial charge in [0.1, 0.15) is 11.5 Å². The molecule has 0 radical (unpaired) electrons. The van der Waals surface area contributed by atoms with Gasteiger partial charge in [-0.2, -0.15) is 0 Å². The molecule has 6 nitrogen and oxygen atoms in total. The van der Waals surface area contributed by atoms with E-state index < -0.39 is 0 Å². The van der Waals surface area contributed by atoms with Crippen molar-refractivity contribution in [3.05, 3.63) is 42.5 Å². The van der Waals surface area contributed by atoms with E-state index in [2.05, 4.69) is 39.8 Å². The quantitative estimate of drug-likeness (QED) is 0.717. The molecule has 2 aromatic carbocycles. The fourth-order valence-corrected chi connectivity index (χ4v) is 3.38. The Hall–Kier alpha value is -2.89. The van der Waals surface area contributed by atoms with E-state index in [4.69, 9.17) is 9.47 Å². The van der Waals surface area contributed by atoms with E-state index in [0.29, 0.717) is 30.2 Å². The zero-order valence-electron chi connectivity index (χ0n) is 16.7. The van der Waals surface area contributed by atoms with E-state index in [-0.39, 0.29) is 5.91 Å². The first-order chi connectivity index (χ1) is 13.7. The van der Waals surface area contributed by atoms with E-state index in [1.54, 1.807) is 32.4 Å². The molecule has 0 aromatic heterocycles. The van der Waals surface area contributed by atoms with E-state index in [9.17, 15) is 4.79 Å². The summed E-state index contributed by atoms with van der Waals surface area (Å²) in [5, 5.41) is 6.19. The minimum Gasteiger partial charge on any atom is -0.497 e. The largest absolute Gasteiger partial charge is 0.497 e. The zero-order valence-corrected chi connectivity index (χ0v) is 16.7. The molecular formula is C22H29N3O3. The number of rotatable bonds is 8. The highest BCUT2D eigenvalue weighted by Gasteiger charge is 2.11. The molecule has 2 aromatic rings. The minimum absolute atomic E-state index is 0.0686. The molecule has 1 aliphatic heterocycles. The summed E-state index contributed by atoms with van der Waals surface area (Å²) in [5.41, 5.74) is 2.93. The van der Waals surface area contributed by atoms with Crippen LogP contribution in [0.4, 0.5) is 17.1 Å². The molecule has 28 heavy (non-hydrogen) atoms. The summed E-state index contributed by atoms with van der Waals surface area (Å²) in [5.74, 6) is 1.19. The molecule has 0 saturated carbocycles. The monoisotopic (exact) mass is 383 g/mol. The van der Waals surface area contributed by atoms with Crippen LogP contribution in [-0.4, -0.2) is 39.8 Å². The Morgan fingerprint density at radius 3 is 2.43 bits per heavy atom. The molecule has 0 aliphatic carbocycles. The van der Waals surface area contributed by atoms with E-state index in [1.807, 2.05) is 0 Å². The third-order valence-electron chi connectivity index (χ3n) is 4.95. The van der Waals surface area contributed by atoms with E-state index in [0.717, 1.165) is 18.8 Å². The van der Waals surface area contributed by atoms with Gasteiger partial charge < -0.3 is 25.0 Å². The van der Waals surface area contributed by atoms with Crippen LogP contribution in [0.3, 0.4) is 0 Å².